The number of carbonyl (C=O) groups is 3. The van der Waals surface area contributed by atoms with Crippen molar-refractivity contribution in [3.63, 3.8) is 0 Å². The van der Waals surface area contributed by atoms with E-state index in [0.29, 0.717) is 6.42 Å². The van der Waals surface area contributed by atoms with E-state index in [4.69, 9.17) is 14.6 Å². The Morgan fingerprint density at radius 3 is 2.50 bits per heavy atom. The number of rotatable bonds is 8. The fourth-order valence-electron chi connectivity index (χ4n) is 3.04. The summed E-state index contributed by atoms with van der Waals surface area (Å²) in [6.45, 7) is 8.86. The van der Waals surface area contributed by atoms with Crippen molar-refractivity contribution in [2.45, 2.75) is 71.8 Å². The van der Waals surface area contributed by atoms with E-state index in [1.165, 1.54) is 19.1 Å². The first-order valence-electron chi connectivity index (χ1n) is 9.47. The SMILES string of the molecule is CC(=O)O[C@@H](C)/C=C\C(=O)N[C@@H]1C[C@H](C)[C@H](C/C=C(C)/C=C/C(=O)O)O[C@@H]1C. The van der Waals surface area contributed by atoms with Gasteiger partial charge in [-0.2, -0.15) is 0 Å². The van der Waals surface area contributed by atoms with Crippen molar-refractivity contribution < 1.29 is 29.0 Å². The maximum absolute atomic E-state index is 12.1. The Morgan fingerprint density at radius 1 is 1.21 bits per heavy atom. The van der Waals surface area contributed by atoms with Gasteiger partial charge in [-0.15, -0.1) is 0 Å². The van der Waals surface area contributed by atoms with Crippen molar-refractivity contribution in [1.29, 1.82) is 0 Å². The molecule has 5 atom stereocenters. The molecule has 0 aromatic carbocycles. The molecule has 0 aromatic rings. The van der Waals surface area contributed by atoms with Crippen LogP contribution in [0.3, 0.4) is 0 Å². The predicted octanol–water partition coefficient (Wildman–Crippen LogP) is 2.77. The number of nitrogens with one attached hydrogen (secondary N) is 1. The minimum absolute atomic E-state index is 0.0101. The van der Waals surface area contributed by atoms with Gasteiger partial charge in [0, 0.05) is 19.1 Å². The summed E-state index contributed by atoms with van der Waals surface area (Å²) >= 11 is 0. The van der Waals surface area contributed by atoms with Crippen molar-refractivity contribution in [1.82, 2.24) is 5.32 Å². The lowest BCUT2D eigenvalue weighted by Gasteiger charge is -2.39. The highest BCUT2D eigenvalue weighted by atomic mass is 16.5. The fourth-order valence-corrected chi connectivity index (χ4v) is 3.04. The zero-order chi connectivity index (χ0) is 21.3. The van der Waals surface area contributed by atoms with Gasteiger partial charge in [0.2, 0.25) is 5.91 Å². The molecule has 28 heavy (non-hydrogen) atoms. The molecule has 0 saturated carbocycles. The number of carboxylic acid groups (broad SMARTS) is 1. The molecule has 1 rings (SSSR count). The van der Waals surface area contributed by atoms with Gasteiger partial charge in [-0.05, 0) is 45.6 Å². The van der Waals surface area contributed by atoms with Crippen molar-refractivity contribution in [2.24, 2.45) is 5.92 Å². The molecule has 7 nitrogen and oxygen atoms in total. The third-order valence-electron chi connectivity index (χ3n) is 4.58. The van der Waals surface area contributed by atoms with E-state index in [2.05, 4.69) is 12.2 Å². The Balaban J connectivity index is 2.55. The lowest BCUT2D eigenvalue weighted by Crippen LogP contribution is -2.50. The van der Waals surface area contributed by atoms with E-state index in [1.807, 2.05) is 19.9 Å². The van der Waals surface area contributed by atoms with Crippen molar-refractivity contribution in [2.75, 3.05) is 0 Å². The molecular formula is C21H31NO6. The third-order valence-corrected chi connectivity index (χ3v) is 4.58. The molecule has 1 amide bonds. The second-order valence-electron chi connectivity index (χ2n) is 7.24. The zero-order valence-electron chi connectivity index (χ0n) is 17.2. The van der Waals surface area contributed by atoms with Gasteiger partial charge in [0.25, 0.3) is 0 Å². The number of hydrogen-bond acceptors (Lipinski definition) is 5. The molecule has 0 spiro atoms. The van der Waals surface area contributed by atoms with Crippen LogP contribution >= 0.6 is 0 Å². The van der Waals surface area contributed by atoms with Gasteiger partial charge >= 0.3 is 11.9 Å². The number of ether oxygens (including phenoxy) is 2. The Hall–Kier alpha value is -2.41. The number of amides is 1. The standard InChI is InChI=1S/C21H31NO6/c1-13(7-11-21(25)26)6-9-19-14(2)12-18(16(4)28-19)22-20(24)10-8-15(3)27-17(5)23/h6-8,10-11,14-16,18-19H,9,12H2,1-5H3,(H,22,24)(H,25,26)/b10-8-,11-7+,13-6+/t14-,15-,16+,18+,19-/m0/s1. The molecule has 0 unspecified atom stereocenters. The van der Waals surface area contributed by atoms with Crippen LogP contribution in [0, 0.1) is 5.92 Å². The van der Waals surface area contributed by atoms with Gasteiger partial charge < -0.3 is 19.9 Å². The molecule has 1 fully saturated rings. The molecular weight excluding hydrogens is 362 g/mol. The van der Waals surface area contributed by atoms with Crippen LogP contribution in [0.15, 0.2) is 36.0 Å². The molecule has 156 valence electrons. The summed E-state index contributed by atoms with van der Waals surface area (Å²) in [5.41, 5.74) is 0.869. The van der Waals surface area contributed by atoms with Gasteiger partial charge in [-0.25, -0.2) is 4.79 Å². The second-order valence-corrected chi connectivity index (χ2v) is 7.24. The maximum Gasteiger partial charge on any atom is 0.328 e. The summed E-state index contributed by atoms with van der Waals surface area (Å²) < 4.78 is 11.0. The zero-order valence-corrected chi connectivity index (χ0v) is 17.2. The molecule has 1 saturated heterocycles. The van der Waals surface area contributed by atoms with Crippen molar-refractivity contribution in [3.05, 3.63) is 36.0 Å². The molecule has 0 aliphatic carbocycles. The quantitative estimate of drug-likeness (QED) is 0.373. The number of carboxylic acids is 1. The monoisotopic (exact) mass is 393 g/mol. The van der Waals surface area contributed by atoms with Gasteiger partial charge in [0.1, 0.15) is 6.10 Å². The molecule has 1 aliphatic rings. The highest BCUT2D eigenvalue weighted by Crippen LogP contribution is 2.28. The maximum atomic E-state index is 12.1. The van der Waals surface area contributed by atoms with E-state index in [-0.39, 0.29) is 30.1 Å². The van der Waals surface area contributed by atoms with Crippen LogP contribution in [-0.2, 0) is 23.9 Å². The molecule has 1 heterocycles. The van der Waals surface area contributed by atoms with E-state index >= 15 is 0 Å². The Morgan fingerprint density at radius 2 is 1.89 bits per heavy atom. The first kappa shape index (κ1) is 23.6. The number of allylic oxidation sites excluding steroid dienone is 2. The van der Waals surface area contributed by atoms with Gasteiger partial charge in [0.05, 0.1) is 18.2 Å². The van der Waals surface area contributed by atoms with Crippen LogP contribution in [-0.4, -0.2) is 47.3 Å². The highest BCUT2D eigenvalue weighted by Gasteiger charge is 2.33. The normalized spacial score (nSPS) is 27.0. The molecule has 0 radical (unpaired) electrons. The Labute approximate surface area is 166 Å². The van der Waals surface area contributed by atoms with E-state index in [0.717, 1.165) is 18.1 Å². The minimum Gasteiger partial charge on any atom is -0.478 e. The van der Waals surface area contributed by atoms with Gasteiger partial charge in [0.15, 0.2) is 0 Å². The van der Waals surface area contributed by atoms with Crippen LogP contribution in [0.5, 0.6) is 0 Å². The van der Waals surface area contributed by atoms with Gasteiger partial charge in [-0.1, -0.05) is 24.6 Å². The molecule has 7 heteroatoms. The lowest BCUT2D eigenvalue weighted by atomic mass is 9.88. The Bertz CT molecular complexity index is 651. The fraction of sp³-hybridized carbons (Fsp3) is 0.571. The summed E-state index contributed by atoms with van der Waals surface area (Å²) in [5.74, 6) is -1.38. The van der Waals surface area contributed by atoms with E-state index in [1.54, 1.807) is 13.0 Å². The molecule has 0 aromatic heterocycles. The lowest BCUT2D eigenvalue weighted by molar-refractivity contribution is -0.143. The predicted molar refractivity (Wildman–Crippen MR) is 106 cm³/mol. The van der Waals surface area contributed by atoms with Crippen molar-refractivity contribution in [3.8, 4) is 0 Å². The van der Waals surface area contributed by atoms with Crippen LogP contribution in [0.4, 0.5) is 0 Å². The number of esters is 1. The van der Waals surface area contributed by atoms with Crippen LogP contribution in [0.25, 0.3) is 0 Å². The largest absolute Gasteiger partial charge is 0.478 e. The first-order chi connectivity index (χ1) is 13.1. The first-order valence-corrected chi connectivity index (χ1v) is 9.47. The number of aliphatic carboxylic acids is 1. The highest BCUT2D eigenvalue weighted by molar-refractivity contribution is 5.87. The van der Waals surface area contributed by atoms with Crippen molar-refractivity contribution >= 4 is 17.8 Å². The topological polar surface area (TPSA) is 102 Å². The van der Waals surface area contributed by atoms with Crippen LogP contribution < -0.4 is 5.32 Å². The summed E-state index contributed by atoms with van der Waals surface area (Å²) in [7, 11) is 0. The van der Waals surface area contributed by atoms with E-state index in [9.17, 15) is 14.4 Å². The molecule has 1 aliphatic heterocycles. The average Bonchev–Trinajstić information content (AvgIpc) is 2.59. The summed E-state index contributed by atoms with van der Waals surface area (Å²) in [4.78, 5) is 33.6. The summed E-state index contributed by atoms with van der Waals surface area (Å²) in [6, 6.07) is -0.107. The molecule has 2 N–H and O–H groups in total. The van der Waals surface area contributed by atoms with Crippen LogP contribution in [0.2, 0.25) is 0 Å². The van der Waals surface area contributed by atoms with E-state index < -0.39 is 18.0 Å². The minimum atomic E-state index is -0.974. The number of carbonyl (C=O) groups excluding carboxylic acids is 2. The second kappa shape index (κ2) is 11.4. The van der Waals surface area contributed by atoms with Gasteiger partial charge in [-0.3, -0.25) is 9.59 Å². The van der Waals surface area contributed by atoms with Crippen LogP contribution in [0.1, 0.15) is 47.5 Å². The smallest absolute Gasteiger partial charge is 0.328 e. The average molecular weight is 393 g/mol. The molecule has 0 bridgehead atoms. The Kier molecular flexibility index (Phi) is 9.65. The number of hydrogen-bond donors (Lipinski definition) is 2. The summed E-state index contributed by atoms with van der Waals surface area (Å²) in [6.07, 6.45) is 8.41. The third kappa shape index (κ3) is 8.99. The summed E-state index contributed by atoms with van der Waals surface area (Å²) in [5, 5.41) is 11.6.